The Bertz CT molecular complexity index is 220. The Morgan fingerprint density at radius 2 is 1.50 bits per heavy atom. The first-order chi connectivity index (χ1) is 6.59. The fourth-order valence-electron chi connectivity index (χ4n) is 1.09. The lowest BCUT2D eigenvalue weighted by Crippen LogP contribution is -2.61. The molecule has 1 heterocycles. The molecule has 0 aliphatic carbocycles. The molecule has 1 aliphatic heterocycles. The lowest BCUT2D eigenvalue weighted by atomic mass is 10.2. The van der Waals surface area contributed by atoms with Gasteiger partial charge in [-0.2, -0.15) is 0 Å². The summed E-state index contributed by atoms with van der Waals surface area (Å²) < 4.78 is 4.86. The Hall–Kier alpha value is -1.32. The van der Waals surface area contributed by atoms with Crippen molar-refractivity contribution in [1.29, 1.82) is 0 Å². The zero-order valence-corrected chi connectivity index (χ0v) is 7.26. The van der Waals surface area contributed by atoms with E-state index in [1.807, 2.05) is 0 Å². The molecule has 0 aromatic rings. The van der Waals surface area contributed by atoms with Crippen LogP contribution < -0.4 is 10.6 Å². The normalized spacial score (nSPS) is 22.0. The second-order valence-corrected chi connectivity index (χ2v) is 2.84. The molecule has 9 nitrogen and oxygen atoms in total. The van der Waals surface area contributed by atoms with Crippen LogP contribution in [0.4, 0.5) is 0 Å². The number of rotatable bonds is 2. The van der Waals surface area contributed by atoms with Crippen LogP contribution in [0.15, 0.2) is 0 Å². The van der Waals surface area contributed by atoms with Crippen molar-refractivity contribution in [2.75, 3.05) is 26.6 Å². The average molecular weight is 206 g/mol. The van der Waals surface area contributed by atoms with Crippen LogP contribution in [0, 0.1) is 20.2 Å². The largest absolute Gasteiger partial charge is 0.482 e. The van der Waals surface area contributed by atoms with Crippen molar-refractivity contribution in [2.45, 2.75) is 5.66 Å². The van der Waals surface area contributed by atoms with Gasteiger partial charge in [0.1, 0.15) is 22.9 Å². The molecule has 0 radical (unpaired) electrons. The molecule has 0 amide bonds. The molecule has 0 bridgehead atoms. The Morgan fingerprint density at radius 3 is 1.86 bits per heavy atom. The summed E-state index contributed by atoms with van der Waals surface area (Å²) in [7, 11) is 0. The molecular weight excluding hydrogens is 196 g/mol. The van der Waals surface area contributed by atoms with Gasteiger partial charge in [-0.15, -0.1) is 0 Å². The van der Waals surface area contributed by atoms with Crippen molar-refractivity contribution in [3.05, 3.63) is 20.2 Å². The highest BCUT2D eigenvalue weighted by Gasteiger charge is 2.55. The van der Waals surface area contributed by atoms with Gasteiger partial charge in [-0.1, -0.05) is 0 Å². The summed E-state index contributed by atoms with van der Waals surface area (Å²) in [6, 6.07) is 0. The number of hydrogen-bond donors (Lipinski definition) is 2. The summed E-state index contributed by atoms with van der Waals surface area (Å²) in [6.45, 7) is -0.618. The van der Waals surface area contributed by atoms with E-state index in [-0.39, 0.29) is 26.6 Å². The number of ether oxygens (including phenoxy) is 1. The topological polar surface area (TPSA) is 120 Å². The smallest absolute Gasteiger partial charge is 0.351 e. The minimum absolute atomic E-state index is 0.0520. The molecular formula is C5H10N4O5. The van der Waals surface area contributed by atoms with Gasteiger partial charge >= 0.3 is 5.66 Å². The van der Waals surface area contributed by atoms with Crippen LogP contribution in [-0.4, -0.2) is 42.1 Å². The molecule has 0 aromatic heterocycles. The van der Waals surface area contributed by atoms with E-state index >= 15 is 0 Å². The third-order valence-corrected chi connectivity index (χ3v) is 1.90. The van der Waals surface area contributed by atoms with E-state index < -0.39 is 15.5 Å². The van der Waals surface area contributed by atoms with Gasteiger partial charge in [0.15, 0.2) is 0 Å². The van der Waals surface area contributed by atoms with Gasteiger partial charge in [0.05, 0.1) is 13.5 Å². The third-order valence-electron chi connectivity index (χ3n) is 1.90. The predicted molar refractivity (Wildman–Crippen MR) is 43.5 cm³/mol. The van der Waals surface area contributed by atoms with Crippen LogP contribution in [0.1, 0.15) is 0 Å². The van der Waals surface area contributed by atoms with E-state index in [1.165, 1.54) is 0 Å². The zero-order valence-electron chi connectivity index (χ0n) is 7.26. The highest BCUT2D eigenvalue weighted by atomic mass is 16.7. The SMILES string of the molecule is O=[N+]([O-])C1([N+](=O)[O-])CNCOCNC1. The van der Waals surface area contributed by atoms with Gasteiger partial charge in [-0.25, -0.2) is 0 Å². The summed E-state index contributed by atoms with van der Waals surface area (Å²) in [6.07, 6.45) is 0. The number of nitro groups is 2. The van der Waals surface area contributed by atoms with Crippen molar-refractivity contribution in [3.63, 3.8) is 0 Å². The Morgan fingerprint density at radius 1 is 1.07 bits per heavy atom. The summed E-state index contributed by atoms with van der Waals surface area (Å²) in [5.41, 5.74) is -2.20. The molecule has 14 heavy (non-hydrogen) atoms. The van der Waals surface area contributed by atoms with Gasteiger partial charge in [0.2, 0.25) is 0 Å². The summed E-state index contributed by atoms with van der Waals surface area (Å²) in [4.78, 5) is 19.5. The predicted octanol–water partition coefficient (Wildman–Crippen LogP) is -1.64. The van der Waals surface area contributed by atoms with Crippen LogP contribution in [0.2, 0.25) is 0 Å². The van der Waals surface area contributed by atoms with Crippen molar-refractivity contribution >= 4 is 0 Å². The standard InChI is InChI=1S/C5H10N4O5/c10-8(11)5(9(12)13)1-6-3-14-4-7-2-5/h6-7H,1-4H2. The quantitative estimate of drug-likeness (QED) is 0.316. The van der Waals surface area contributed by atoms with E-state index in [0.717, 1.165) is 0 Å². The molecule has 0 atom stereocenters. The fourth-order valence-corrected chi connectivity index (χ4v) is 1.09. The van der Waals surface area contributed by atoms with Crippen molar-refractivity contribution in [2.24, 2.45) is 0 Å². The average Bonchev–Trinajstić information content (AvgIpc) is 2.02. The molecule has 1 saturated heterocycles. The fraction of sp³-hybridized carbons (Fsp3) is 1.00. The van der Waals surface area contributed by atoms with Crippen LogP contribution in [0.25, 0.3) is 0 Å². The molecule has 1 aliphatic rings. The van der Waals surface area contributed by atoms with E-state index in [1.54, 1.807) is 0 Å². The minimum atomic E-state index is -2.20. The number of nitrogens with zero attached hydrogens (tertiary/aromatic N) is 2. The summed E-state index contributed by atoms with van der Waals surface area (Å²) >= 11 is 0. The van der Waals surface area contributed by atoms with Gasteiger partial charge in [-0.05, 0) is 0 Å². The van der Waals surface area contributed by atoms with Crippen LogP contribution in [-0.2, 0) is 4.74 Å². The second-order valence-electron chi connectivity index (χ2n) is 2.84. The summed E-state index contributed by atoms with van der Waals surface area (Å²) in [5, 5.41) is 26.2. The highest BCUT2D eigenvalue weighted by Crippen LogP contribution is 2.09. The van der Waals surface area contributed by atoms with E-state index in [0.29, 0.717) is 0 Å². The van der Waals surface area contributed by atoms with Crippen molar-refractivity contribution < 1.29 is 14.6 Å². The maximum Gasteiger partial charge on any atom is 0.482 e. The highest BCUT2D eigenvalue weighted by molar-refractivity contribution is 4.73. The first-order valence-corrected chi connectivity index (χ1v) is 3.88. The molecule has 0 aromatic carbocycles. The lowest BCUT2D eigenvalue weighted by Gasteiger charge is -2.20. The maximum atomic E-state index is 10.6. The second kappa shape index (κ2) is 4.26. The Kier molecular flexibility index (Phi) is 3.28. The Labute approximate surface area is 78.7 Å². The zero-order chi connectivity index (χ0) is 10.6. The molecule has 1 fully saturated rings. The molecule has 2 N–H and O–H groups in total. The van der Waals surface area contributed by atoms with E-state index in [4.69, 9.17) is 4.74 Å². The van der Waals surface area contributed by atoms with E-state index in [2.05, 4.69) is 10.6 Å². The van der Waals surface area contributed by atoms with Gasteiger partial charge < -0.3 is 4.74 Å². The van der Waals surface area contributed by atoms with E-state index in [9.17, 15) is 20.2 Å². The molecule has 0 saturated carbocycles. The third kappa shape index (κ3) is 1.95. The van der Waals surface area contributed by atoms with Gasteiger partial charge in [-0.3, -0.25) is 30.9 Å². The van der Waals surface area contributed by atoms with Crippen LogP contribution >= 0.6 is 0 Å². The van der Waals surface area contributed by atoms with Gasteiger partial charge in [0, 0.05) is 0 Å². The lowest BCUT2D eigenvalue weighted by molar-refractivity contribution is -0.791. The number of hydrogen-bond acceptors (Lipinski definition) is 7. The van der Waals surface area contributed by atoms with Crippen molar-refractivity contribution in [1.82, 2.24) is 10.6 Å². The molecule has 0 spiro atoms. The molecule has 0 unspecified atom stereocenters. The maximum absolute atomic E-state index is 10.6. The molecule has 1 rings (SSSR count). The van der Waals surface area contributed by atoms with Crippen LogP contribution in [0.3, 0.4) is 0 Å². The first-order valence-electron chi connectivity index (χ1n) is 3.88. The first kappa shape index (κ1) is 10.8. The molecule has 9 heteroatoms. The Balaban J connectivity index is 2.81. The minimum Gasteiger partial charge on any atom is -0.351 e. The van der Waals surface area contributed by atoms with Crippen LogP contribution in [0.5, 0.6) is 0 Å². The monoisotopic (exact) mass is 206 g/mol. The van der Waals surface area contributed by atoms with Gasteiger partial charge in [0.25, 0.3) is 0 Å². The summed E-state index contributed by atoms with van der Waals surface area (Å²) in [5.74, 6) is 0. The molecule has 80 valence electrons. The number of nitrogens with one attached hydrogen (secondary N) is 2. The van der Waals surface area contributed by atoms with Crippen molar-refractivity contribution in [3.8, 4) is 0 Å².